The van der Waals surface area contributed by atoms with Gasteiger partial charge in [-0.2, -0.15) is 0 Å². The highest BCUT2D eigenvalue weighted by molar-refractivity contribution is 7.92. The van der Waals surface area contributed by atoms with Crippen molar-refractivity contribution in [2.75, 3.05) is 11.5 Å². The van der Waals surface area contributed by atoms with E-state index in [4.69, 9.17) is 0 Å². The number of nitrogens with one attached hydrogen (secondary N) is 2. The van der Waals surface area contributed by atoms with E-state index in [9.17, 15) is 16.8 Å². The molecule has 0 aliphatic heterocycles. The van der Waals surface area contributed by atoms with Crippen LogP contribution in [0.2, 0.25) is 0 Å². The van der Waals surface area contributed by atoms with Crippen molar-refractivity contribution in [2.45, 2.75) is 52.4 Å². The van der Waals surface area contributed by atoms with Gasteiger partial charge in [-0.3, -0.25) is 0 Å². The molecule has 2 N–H and O–H groups in total. The maximum absolute atomic E-state index is 11.4. The normalized spacial score (nSPS) is 12.8. The third-order valence-corrected chi connectivity index (χ3v) is 4.99. The highest BCUT2D eigenvalue weighted by Gasteiger charge is 2.15. The largest absolute Gasteiger partial charge is 0.225 e. The fourth-order valence-corrected chi connectivity index (χ4v) is 3.70. The molecule has 0 aromatic heterocycles. The van der Waals surface area contributed by atoms with Crippen LogP contribution in [-0.4, -0.2) is 28.3 Å². The lowest BCUT2D eigenvalue weighted by atomic mass is 10.3. The molecule has 0 saturated heterocycles. The van der Waals surface area contributed by atoms with Gasteiger partial charge in [0.25, 0.3) is 0 Å². The topological polar surface area (TPSA) is 92.3 Å². The summed E-state index contributed by atoms with van der Waals surface area (Å²) in [6.45, 7) is 3.94. The number of sulfonamides is 2. The number of rotatable bonds is 11. The lowest BCUT2D eigenvalue weighted by Crippen LogP contribution is -2.43. The molecule has 6 nitrogen and oxygen atoms in total. The number of hydrogen-bond donors (Lipinski definition) is 2. The molecule has 110 valence electrons. The molecule has 0 aliphatic carbocycles. The minimum absolute atomic E-state index is 0.0572. The predicted molar refractivity (Wildman–Crippen MR) is 72.9 cm³/mol. The van der Waals surface area contributed by atoms with E-state index in [1.807, 2.05) is 23.5 Å². The van der Waals surface area contributed by atoms with E-state index in [2.05, 4.69) is 0 Å². The van der Waals surface area contributed by atoms with Crippen LogP contribution in [0.1, 0.15) is 52.4 Å². The van der Waals surface area contributed by atoms with Gasteiger partial charge in [-0.25, -0.2) is 16.8 Å². The molecule has 0 atom stereocenters. The van der Waals surface area contributed by atoms with Crippen LogP contribution in [0.5, 0.6) is 0 Å². The molecule has 0 saturated carbocycles. The molecule has 8 heteroatoms. The number of hydrogen-bond acceptors (Lipinski definition) is 4. The van der Waals surface area contributed by atoms with Crippen LogP contribution >= 0.6 is 0 Å². The standard InChI is InChI=1S/C10H24N2O4S2/c1-3-5-7-9-17(13,14)11-12-18(15,16)10-8-6-4-2/h11-12H,3-10H2,1-2H3. The fourth-order valence-electron chi connectivity index (χ4n) is 1.31. The molecular formula is C10H24N2O4S2. The second-order valence-corrected chi connectivity index (χ2v) is 7.94. The Morgan fingerprint density at radius 2 is 1.00 bits per heavy atom. The number of hydrazine groups is 1. The van der Waals surface area contributed by atoms with Gasteiger partial charge in [-0.1, -0.05) is 39.5 Å². The van der Waals surface area contributed by atoms with Crippen molar-refractivity contribution in [1.29, 1.82) is 0 Å². The van der Waals surface area contributed by atoms with Gasteiger partial charge < -0.3 is 0 Å². The van der Waals surface area contributed by atoms with Crippen molar-refractivity contribution in [3.8, 4) is 0 Å². The van der Waals surface area contributed by atoms with Gasteiger partial charge in [0.05, 0.1) is 11.5 Å². The second kappa shape index (κ2) is 8.84. The minimum Gasteiger partial charge on any atom is -0.211 e. The van der Waals surface area contributed by atoms with Crippen LogP contribution < -0.4 is 9.66 Å². The van der Waals surface area contributed by atoms with Crippen LogP contribution in [0.3, 0.4) is 0 Å². The quantitative estimate of drug-likeness (QED) is 0.442. The van der Waals surface area contributed by atoms with Gasteiger partial charge in [0, 0.05) is 0 Å². The third kappa shape index (κ3) is 9.81. The first-order valence-electron chi connectivity index (χ1n) is 6.32. The Kier molecular flexibility index (Phi) is 8.75. The highest BCUT2D eigenvalue weighted by Crippen LogP contribution is 1.99. The molecule has 0 aromatic carbocycles. The Morgan fingerprint density at radius 3 is 1.28 bits per heavy atom. The summed E-state index contributed by atoms with van der Waals surface area (Å²) in [5.74, 6) is -0.114. The van der Waals surface area contributed by atoms with Crippen molar-refractivity contribution in [2.24, 2.45) is 0 Å². The lowest BCUT2D eigenvalue weighted by molar-refractivity contribution is 0.553. The Balaban J connectivity index is 4.05. The van der Waals surface area contributed by atoms with Crippen LogP contribution in [0, 0.1) is 0 Å². The smallest absolute Gasteiger partial charge is 0.211 e. The summed E-state index contributed by atoms with van der Waals surface area (Å²) in [4.78, 5) is 3.84. The molecule has 0 aromatic rings. The molecule has 18 heavy (non-hydrogen) atoms. The van der Waals surface area contributed by atoms with Gasteiger partial charge in [0.2, 0.25) is 20.0 Å². The molecule has 0 unspecified atom stereocenters. The third-order valence-electron chi connectivity index (χ3n) is 2.39. The zero-order valence-corrected chi connectivity index (χ0v) is 12.7. The summed E-state index contributed by atoms with van der Waals surface area (Å²) in [6, 6.07) is 0. The van der Waals surface area contributed by atoms with Gasteiger partial charge in [0.1, 0.15) is 0 Å². The average Bonchev–Trinajstić information content (AvgIpc) is 2.27. The molecule has 0 fully saturated rings. The van der Waals surface area contributed by atoms with Crippen molar-refractivity contribution in [3.63, 3.8) is 0 Å². The SMILES string of the molecule is CCCCCS(=O)(=O)NNS(=O)(=O)CCCCC. The maximum atomic E-state index is 11.4. The summed E-state index contributed by atoms with van der Waals surface area (Å²) < 4.78 is 45.8. The van der Waals surface area contributed by atoms with E-state index in [0.717, 1.165) is 25.7 Å². The maximum Gasteiger partial charge on any atom is 0.225 e. The van der Waals surface area contributed by atoms with E-state index in [1.54, 1.807) is 0 Å². The first-order valence-corrected chi connectivity index (χ1v) is 9.62. The van der Waals surface area contributed by atoms with Gasteiger partial charge in [-0.15, -0.1) is 9.66 Å². The van der Waals surface area contributed by atoms with Crippen LogP contribution in [0.25, 0.3) is 0 Å². The molecule has 0 radical (unpaired) electrons. The monoisotopic (exact) mass is 300 g/mol. The predicted octanol–water partition coefficient (Wildman–Crippen LogP) is 1.12. The summed E-state index contributed by atoms with van der Waals surface area (Å²) in [5, 5.41) is 0. The van der Waals surface area contributed by atoms with Crippen molar-refractivity contribution in [3.05, 3.63) is 0 Å². The molecule has 0 aliphatic rings. The molecule has 0 heterocycles. The fraction of sp³-hybridized carbons (Fsp3) is 1.00. The molecule has 0 amide bonds. The summed E-state index contributed by atoms with van der Waals surface area (Å²) >= 11 is 0. The van der Waals surface area contributed by atoms with Crippen LogP contribution in [-0.2, 0) is 20.0 Å². The molecule has 0 bridgehead atoms. The Morgan fingerprint density at radius 1 is 0.667 bits per heavy atom. The van der Waals surface area contributed by atoms with E-state index in [-0.39, 0.29) is 11.5 Å². The first-order chi connectivity index (χ1) is 8.33. The van der Waals surface area contributed by atoms with E-state index < -0.39 is 20.0 Å². The minimum atomic E-state index is -3.56. The van der Waals surface area contributed by atoms with Crippen LogP contribution in [0.4, 0.5) is 0 Å². The first kappa shape index (κ1) is 17.8. The number of unbranched alkanes of at least 4 members (excludes halogenated alkanes) is 4. The highest BCUT2D eigenvalue weighted by atomic mass is 32.2. The Bertz CT molecular complexity index is 364. The Labute approximate surface area is 111 Å². The zero-order valence-electron chi connectivity index (χ0n) is 11.1. The van der Waals surface area contributed by atoms with Gasteiger partial charge >= 0.3 is 0 Å². The lowest BCUT2D eigenvalue weighted by Gasteiger charge is -2.08. The average molecular weight is 300 g/mol. The van der Waals surface area contributed by atoms with E-state index in [1.165, 1.54) is 0 Å². The molecule has 0 spiro atoms. The van der Waals surface area contributed by atoms with Crippen molar-refractivity contribution >= 4 is 20.0 Å². The Hall–Kier alpha value is -0.180. The van der Waals surface area contributed by atoms with Gasteiger partial charge in [-0.05, 0) is 12.8 Å². The van der Waals surface area contributed by atoms with Crippen molar-refractivity contribution in [1.82, 2.24) is 9.66 Å². The zero-order chi connectivity index (χ0) is 14.1. The molecule has 0 rings (SSSR count). The second-order valence-electron chi connectivity index (χ2n) is 4.26. The van der Waals surface area contributed by atoms with Crippen LogP contribution in [0.15, 0.2) is 0 Å². The summed E-state index contributed by atoms with van der Waals surface area (Å²) in [5.41, 5.74) is 0. The van der Waals surface area contributed by atoms with Gasteiger partial charge in [0.15, 0.2) is 0 Å². The summed E-state index contributed by atoms with van der Waals surface area (Å²) in [6.07, 6.45) is 4.51. The van der Waals surface area contributed by atoms with Crippen molar-refractivity contribution < 1.29 is 16.8 Å². The van der Waals surface area contributed by atoms with E-state index in [0.29, 0.717) is 12.8 Å². The summed E-state index contributed by atoms with van der Waals surface area (Å²) in [7, 11) is -7.12. The molecular weight excluding hydrogens is 276 g/mol. The van der Waals surface area contributed by atoms with E-state index >= 15 is 0 Å².